The fraction of sp³-hybridized carbons (Fsp3) is 0.400. The molecule has 0 N–H and O–H groups in total. The third kappa shape index (κ3) is 2.55. The molecule has 1 rings (SSSR count). The number of aryl methyl sites for hydroxylation is 1. The lowest BCUT2D eigenvalue weighted by atomic mass is 10.1. The van der Waals surface area contributed by atoms with E-state index >= 15 is 0 Å². The standard InChI is InChI=1S/C10H10BrF2NO2/c1-5-3-6(10(15)16-2)8(9(12)13)14-7(5)4-11/h3,9H,4H2,1-2H3. The fourth-order valence-electron chi connectivity index (χ4n) is 1.24. The summed E-state index contributed by atoms with van der Waals surface area (Å²) in [5.74, 6) is -0.799. The van der Waals surface area contributed by atoms with Crippen molar-refractivity contribution in [1.82, 2.24) is 4.98 Å². The Balaban J connectivity index is 3.36. The van der Waals surface area contributed by atoms with Crippen molar-refractivity contribution in [3.05, 3.63) is 28.6 Å². The Bertz CT molecular complexity index is 410. The zero-order chi connectivity index (χ0) is 12.3. The number of nitrogens with zero attached hydrogens (tertiary/aromatic N) is 1. The van der Waals surface area contributed by atoms with Gasteiger partial charge in [0.1, 0.15) is 5.69 Å². The first-order valence-corrected chi connectivity index (χ1v) is 5.56. The van der Waals surface area contributed by atoms with Crippen LogP contribution in [0.15, 0.2) is 6.07 Å². The van der Waals surface area contributed by atoms with Crippen LogP contribution in [0.3, 0.4) is 0 Å². The second-order valence-electron chi connectivity index (χ2n) is 3.11. The Morgan fingerprint density at radius 1 is 1.62 bits per heavy atom. The Morgan fingerprint density at radius 2 is 2.25 bits per heavy atom. The topological polar surface area (TPSA) is 39.2 Å². The number of ether oxygens (including phenoxy) is 1. The number of rotatable bonds is 3. The van der Waals surface area contributed by atoms with Crippen LogP contribution in [0.2, 0.25) is 0 Å². The summed E-state index contributed by atoms with van der Waals surface area (Å²) in [5.41, 5.74) is 0.441. The number of alkyl halides is 3. The van der Waals surface area contributed by atoms with Gasteiger partial charge in [-0.15, -0.1) is 0 Å². The number of hydrogen-bond acceptors (Lipinski definition) is 3. The summed E-state index contributed by atoms with van der Waals surface area (Å²) in [4.78, 5) is 15.0. The van der Waals surface area contributed by atoms with Gasteiger partial charge in [0.2, 0.25) is 0 Å². The summed E-state index contributed by atoms with van der Waals surface area (Å²) < 4.78 is 29.8. The van der Waals surface area contributed by atoms with Crippen LogP contribution >= 0.6 is 15.9 Å². The molecule has 0 amide bonds. The molecule has 1 heterocycles. The fourth-order valence-corrected chi connectivity index (χ4v) is 1.81. The molecule has 0 aliphatic rings. The van der Waals surface area contributed by atoms with E-state index in [1.807, 2.05) is 0 Å². The van der Waals surface area contributed by atoms with E-state index in [4.69, 9.17) is 0 Å². The Kier molecular flexibility index (Phi) is 4.35. The molecule has 1 aromatic heterocycles. The van der Waals surface area contributed by atoms with E-state index < -0.39 is 18.1 Å². The molecule has 16 heavy (non-hydrogen) atoms. The summed E-state index contributed by atoms with van der Waals surface area (Å²) >= 11 is 3.15. The molecule has 0 aliphatic carbocycles. The van der Waals surface area contributed by atoms with Gasteiger partial charge >= 0.3 is 5.97 Å². The highest BCUT2D eigenvalue weighted by molar-refractivity contribution is 9.08. The molecule has 0 radical (unpaired) electrons. The van der Waals surface area contributed by atoms with Crippen LogP contribution in [0.25, 0.3) is 0 Å². The summed E-state index contributed by atoms with van der Waals surface area (Å²) in [6.45, 7) is 1.70. The minimum atomic E-state index is -2.80. The molecular weight excluding hydrogens is 284 g/mol. The van der Waals surface area contributed by atoms with Crippen molar-refractivity contribution in [1.29, 1.82) is 0 Å². The number of pyridine rings is 1. The lowest BCUT2D eigenvalue weighted by Gasteiger charge is -2.10. The van der Waals surface area contributed by atoms with Gasteiger partial charge < -0.3 is 4.74 Å². The zero-order valence-electron chi connectivity index (χ0n) is 8.76. The second-order valence-corrected chi connectivity index (χ2v) is 3.67. The first-order chi connectivity index (χ1) is 7.51. The molecule has 6 heteroatoms. The zero-order valence-corrected chi connectivity index (χ0v) is 10.3. The van der Waals surface area contributed by atoms with E-state index in [9.17, 15) is 13.6 Å². The summed E-state index contributed by atoms with van der Waals surface area (Å²) in [6, 6.07) is 1.37. The van der Waals surface area contributed by atoms with E-state index in [1.165, 1.54) is 6.07 Å². The van der Waals surface area contributed by atoms with Gasteiger partial charge in [-0.1, -0.05) is 15.9 Å². The van der Waals surface area contributed by atoms with Crippen LogP contribution in [-0.2, 0) is 10.1 Å². The van der Waals surface area contributed by atoms with Gasteiger partial charge in [-0.3, -0.25) is 0 Å². The maximum Gasteiger partial charge on any atom is 0.339 e. The van der Waals surface area contributed by atoms with Crippen molar-refractivity contribution < 1.29 is 18.3 Å². The van der Waals surface area contributed by atoms with Crippen LogP contribution in [-0.4, -0.2) is 18.1 Å². The summed E-state index contributed by atoms with van der Waals surface area (Å²) in [5, 5.41) is 0.361. The normalized spacial score (nSPS) is 10.6. The highest BCUT2D eigenvalue weighted by Crippen LogP contribution is 2.24. The second kappa shape index (κ2) is 5.34. The lowest BCUT2D eigenvalue weighted by Crippen LogP contribution is -2.10. The first-order valence-electron chi connectivity index (χ1n) is 4.44. The van der Waals surface area contributed by atoms with Gasteiger partial charge in [0.25, 0.3) is 6.43 Å². The Morgan fingerprint density at radius 3 is 2.69 bits per heavy atom. The predicted molar refractivity (Wildman–Crippen MR) is 57.9 cm³/mol. The highest BCUT2D eigenvalue weighted by atomic mass is 79.9. The highest BCUT2D eigenvalue weighted by Gasteiger charge is 2.22. The third-order valence-electron chi connectivity index (χ3n) is 2.09. The molecule has 0 atom stereocenters. The van der Waals surface area contributed by atoms with Crippen molar-refractivity contribution >= 4 is 21.9 Å². The monoisotopic (exact) mass is 293 g/mol. The Labute approximate surface area is 99.9 Å². The van der Waals surface area contributed by atoms with Crippen LogP contribution in [0.1, 0.15) is 33.7 Å². The molecule has 0 fully saturated rings. The van der Waals surface area contributed by atoms with E-state index in [0.29, 0.717) is 16.6 Å². The molecule has 88 valence electrons. The molecule has 0 saturated heterocycles. The SMILES string of the molecule is COC(=O)c1cc(C)c(CBr)nc1C(F)F. The predicted octanol–water partition coefficient (Wildman–Crippen LogP) is 3.01. The molecular formula is C10H10BrF2NO2. The van der Waals surface area contributed by atoms with Crippen LogP contribution in [0.5, 0.6) is 0 Å². The van der Waals surface area contributed by atoms with E-state index in [-0.39, 0.29) is 5.56 Å². The molecule has 3 nitrogen and oxygen atoms in total. The minimum Gasteiger partial charge on any atom is -0.465 e. The van der Waals surface area contributed by atoms with Crippen LogP contribution in [0, 0.1) is 6.92 Å². The summed E-state index contributed by atoms with van der Waals surface area (Å²) in [6.07, 6.45) is -2.80. The van der Waals surface area contributed by atoms with Crippen LogP contribution in [0.4, 0.5) is 8.78 Å². The van der Waals surface area contributed by atoms with Gasteiger partial charge in [-0.05, 0) is 18.6 Å². The number of carbonyl (C=O) groups excluding carboxylic acids is 1. The van der Waals surface area contributed by atoms with E-state index in [2.05, 4.69) is 25.7 Å². The molecule has 0 saturated carbocycles. The lowest BCUT2D eigenvalue weighted by molar-refractivity contribution is 0.0587. The third-order valence-corrected chi connectivity index (χ3v) is 2.62. The average Bonchev–Trinajstić information content (AvgIpc) is 2.27. The van der Waals surface area contributed by atoms with Crippen molar-refractivity contribution in [2.45, 2.75) is 18.7 Å². The minimum absolute atomic E-state index is 0.181. The van der Waals surface area contributed by atoms with Gasteiger partial charge in [-0.25, -0.2) is 18.6 Å². The van der Waals surface area contributed by atoms with E-state index in [1.54, 1.807) is 6.92 Å². The molecule has 0 aromatic carbocycles. The number of esters is 1. The first kappa shape index (κ1) is 13.0. The van der Waals surface area contributed by atoms with Crippen molar-refractivity contribution in [3.8, 4) is 0 Å². The number of halogens is 3. The van der Waals surface area contributed by atoms with Gasteiger partial charge in [0.05, 0.1) is 18.4 Å². The number of hydrogen-bond donors (Lipinski definition) is 0. The van der Waals surface area contributed by atoms with E-state index in [0.717, 1.165) is 7.11 Å². The largest absolute Gasteiger partial charge is 0.465 e. The van der Waals surface area contributed by atoms with Gasteiger partial charge in [-0.2, -0.15) is 0 Å². The van der Waals surface area contributed by atoms with Crippen LogP contribution < -0.4 is 0 Å². The quantitative estimate of drug-likeness (QED) is 0.635. The molecule has 0 bridgehead atoms. The molecule has 0 spiro atoms. The number of methoxy groups -OCH3 is 1. The smallest absolute Gasteiger partial charge is 0.339 e. The number of aromatic nitrogens is 1. The average molecular weight is 294 g/mol. The molecule has 1 aromatic rings. The Hall–Kier alpha value is -1.04. The van der Waals surface area contributed by atoms with Crippen molar-refractivity contribution in [3.63, 3.8) is 0 Å². The van der Waals surface area contributed by atoms with Crippen molar-refractivity contribution in [2.24, 2.45) is 0 Å². The van der Waals surface area contributed by atoms with Gasteiger partial charge in [0.15, 0.2) is 0 Å². The molecule has 0 aliphatic heterocycles. The maximum absolute atomic E-state index is 12.7. The van der Waals surface area contributed by atoms with Gasteiger partial charge in [0, 0.05) is 5.33 Å². The maximum atomic E-state index is 12.7. The summed E-state index contributed by atoms with van der Waals surface area (Å²) in [7, 11) is 1.14. The number of carbonyl (C=O) groups is 1. The van der Waals surface area contributed by atoms with Crippen molar-refractivity contribution in [2.75, 3.05) is 7.11 Å². The molecule has 0 unspecified atom stereocenters.